The maximum atomic E-state index is 4.81. The van der Waals surface area contributed by atoms with Gasteiger partial charge in [0.15, 0.2) is 0 Å². The average molecular weight is 522 g/mol. The summed E-state index contributed by atoms with van der Waals surface area (Å²) in [7, 11) is 0. The fourth-order valence-electron chi connectivity index (χ4n) is 3.71. The van der Waals surface area contributed by atoms with E-state index in [0.29, 0.717) is 0 Å². The zero-order valence-electron chi connectivity index (χ0n) is 15.7. The van der Waals surface area contributed by atoms with Crippen LogP contribution < -0.4 is 0 Å². The molecule has 146 valence electrons. The quantitative estimate of drug-likeness (QED) is 0.243. The van der Waals surface area contributed by atoms with Crippen molar-refractivity contribution in [2.24, 2.45) is 0 Å². The normalized spacial score (nSPS) is 11.8. The van der Waals surface area contributed by atoms with Gasteiger partial charge in [0.1, 0.15) is 17.5 Å². The van der Waals surface area contributed by atoms with Crippen molar-refractivity contribution in [2.75, 3.05) is 0 Å². The van der Waals surface area contributed by atoms with E-state index in [1.807, 2.05) is 55.5 Å². The van der Waals surface area contributed by atoms with Crippen molar-refractivity contribution in [3.63, 3.8) is 0 Å². The fraction of sp³-hybridized carbons (Fsp3) is 0.0455. The zero-order valence-corrected chi connectivity index (χ0v) is 18.9. The molecule has 0 fully saturated rings. The summed E-state index contributed by atoms with van der Waals surface area (Å²) in [5.74, 6) is 2.54. The largest absolute Gasteiger partial charge is 0.342 e. The van der Waals surface area contributed by atoms with Crippen LogP contribution >= 0.6 is 31.9 Å². The highest BCUT2D eigenvalue weighted by atomic mass is 79.9. The number of aryl methyl sites for hydroxylation is 1. The Kier molecular flexibility index (Phi) is 3.88. The lowest BCUT2D eigenvalue weighted by Crippen LogP contribution is -1.81. The highest BCUT2D eigenvalue weighted by Crippen LogP contribution is 2.31. The minimum absolute atomic E-state index is 0.815. The second-order valence-corrected chi connectivity index (χ2v) is 8.95. The Balaban J connectivity index is 1.43. The van der Waals surface area contributed by atoms with Crippen molar-refractivity contribution in [3.05, 3.63) is 63.3 Å². The van der Waals surface area contributed by atoms with Crippen LogP contribution in [0, 0.1) is 6.92 Å². The van der Waals surface area contributed by atoms with E-state index in [4.69, 9.17) is 9.97 Å². The summed E-state index contributed by atoms with van der Waals surface area (Å²) in [4.78, 5) is 24.1. The Morgan fingerprint density at radius 1 is 0.600 bits per heavy atom. The molecule has 8 heteroatoms. The molecule has 3 aromatic heterocycles. The molecule has 0 saturated carbocycles. The molecule has 0 aliphatic carbocycles. The van der Waals surface area contributed by atoms with Crippen LogP contribution in [0.1, 0.15) is 5.82 Å². The van der Waals surface area contributed by atoms with Gasteiger partial charge in [-0.1, -0.05) is 0 Å². The number of rotatable bonds is 2. The number of fused-ring (bicyclic) bond motifs is 3. The molecule has 3 heterocycles. The Hall–Kier alpha value is -2.97. The van der Waals surface area contributed by atoms with Crippen LogP contribution in [0.3, 0.4) is 0 Å². The molecule has 0 saturated heterocycles. The van der Waals surface area contributed by atoms with E-state index in [2.05, 4.69) is 51.8 Å². The van der Waals surface area contributed by atoms with E-state index in [1.54, 1.807) is 0 Å². The molecule has 0 radical (unpaired) electrons. The molecule has 0 aliphatic rings. The SMILES string of the molecule is Cc1nc2cc(-c3nc4cc(-c5nc6cc(Br)c(Br)cc6[nH]5)ccc4[nH]3)ccc2[nH]1. The summed E-state index contributed by atoms with van der Waals surface area (Å²) in [6, 6.07) is 16.3. The number of imidazole rings is 3. The van der Waals surface area contributed by atoms with Crippen molar-refractivity contribution in [3.8, 4) is 22.8 Å². The molecular weight excluding hydrogens is 508 g/mol. The molecule has 6 rings (SSSR count). The minimum Gasteiger partial charge on any atom is -0.342 e. The lowest BCUT2D eigenvalue weighted by atomic mass is 10.2. The smallest absolute Gasteiger partial charge is 0.138 e. The summed E-state index contributed by atoms with van der Waals surface area (Å²) < 4.78 is 1.96. The molecule has 0 amide bonds. The first-order valence-electron chi connectivity index (χ1n) is 9.35. The zero-order chi connectivity index (χ0) is 20.4. The van der Waals surface area contributed by atoms with Gasteiger partial charge in [0.05, 0.1) is 33.1 Å². The average Bonchev–Trinajstić information content (AvgIpc) is 3.42. The van der Waals surface area contributed by atoms with Gasteiger partial charge in [-0.3, -0.25) is 0 Å². The Morgan fingerprint density at radius 3 is 1.83 bits per heavy atom. The van der Waals surface area contributed by atoms with E-state index >= 15 is 0 Å². The Bertz CT molecular complexity index is 1550. The maximum Gasteiger partial charge on any atom is 0.138 e. The van der Waals surface area contributed by atoms with E-state index in [-0.39, 0.29) is 0 Å². The molecule has 3 N–H and O–H groups in total. The van der Waals surface area contributed by atoms with Crippen LogP contribution in [0.15, 0.2) is 57.5 Å². The maximum absolute atomic E-state index is 4.81. The highest BCUT2D eigenvalue weighted by molar-refractivity contribution is 9.13. The van der Waals surface area contributed by atoms with Crippen LogP contribution in [0.25, 0.3) is 55.9 Å². The topological polar surface area (TPSA) is 86.0 Å². The van der Waals surface area contributed by atoms with Crippen LogP contribution in [-0.4, -0.2) is 29.9 Å². The number of nitrogens with one attached hydrogen (secondary N) is 3. The van der Waals surface area contributed by atoms with Gasteiger partial charge in [-0.25, -0.2) is 15.0 Å². The number of hydrogen-bond acceptors (Lipinski definition) is 3. The molecule has 30 heavy (non-hydrogen) atoms. The first-order valence-corrected chi connectivity index (χ1v) is 10.9. The lowest BCUT2D eigenvalue weighted by molar-refractivity contribution is 1.17. The van der Waals surface area contributed by atoms with Crippen molar-refractivity contribution < 1.29 is 0 Å². The highest BCUT2D eigenvalue weighted by Gasteiger charge is 2.12. The van der Waals surface area contributed by atoms with Gasteiger partial charge in [0.2, 0.25) is 0 Å². The van der Waals surface area contributed by atoms with Gasteiger partial charge in [-0.05, 0) is 87.3 Å². The van der Waals surface area contributed by atoms with Gasteiger partial charge in [0.25, 0.3) is 0 Å². The van der Waals surface area contributed by atoms with Crippen molar-refractivity contribution in [1.82, 2.24) is 29.9 Å². The number of nitrogens with zero attached hydrogens (tertiary/aromatic N) is 3. The number of benzene rings is 3. The van der Waals surface area contributed by atoms with Crippen molar-refractivity contribution in [2.45, 2.75) is 6.92 Å². The minimum atomic E-state index is 0.815. The third-order valence-corrected chi connectivity index (χ3v) is 7.00. The lowest BCUT2D eigenvalue weighted by Gasteiger charge is -1.95. The van der Waals surface area contributed by atoms with Crippen LogP contribution in [0.4, 0.5) is 0 Å². The third kappa shape index (κ3) is 2.86. The van der Waals surface area contributed by atoms with Gasteiger partial charge in [0, 0.05) is 20.1 Å². The van der Waals surface area contributed by atoms with E-state index in [1.165, 1.54) is 0 Å². The Morgan fingerprint density at radius 2 is 1.13 bits per heavy atom. The Labute approximate surface area is 187 Å². The van der Waals surface area contributed by atoms with E-state index in [9.17, 15) is 0 Å². The molecule has 3 aromatic carbocycles. The molecule has 6 aromatic rings. The molecular formula is C22H14Br2N6. The summed E-state index contributed by atoms with van der Waals surface area (Å²) >= 11 is 7.07. The standard InChI is InChI=1S/C22H14Br2N6/c1-10-25-15-4-2-11(6-17(15)26-10)21-27-16-5-3-12(7-18(16)28-21)22-29-19-8-13(23)14(24)9-20(19)30-22/h2-9H,1H3,(H,25,26)(H,27,28)(H,29,30). The second kappa shape index (κ2) is 6.52. The predicted molar refractivity (Wildman–Crippen MR) is 126 cm³/mol. The monoisotopic (exact) mass is 520 g/mol. The number of hydrogen-bond donors (Lipinski definition) is 3. The summed E-state index contributed by atoms with van der Waals surface area (Å²) in [6.07, 6.45) is 0. The van der Waals surface area contributed by atoms with Crippen LogP contribution in [0.2, 0.25) is 0 Å². The van der Waals surface area contributed by atoms with E-state index < -0.39 is 0 Å². The summed E-state index contributed by atoms with van der Waals surface area (Å²) in [5, 5.41) is 0. The van der Waals surface area contributed by atoms with Crippen molar-refractivity contribution >= 4 is 65.0 Å². The van der Waals surface area contributed by atoms with Gasteiger partial charge in [-0.15, -0.1) is 0 Å². The van der Waals surface area contributed by atoms with E-state index in [0.717, 1.165) is 70.6 Å². The molecule has 0 spiro atoms. The summed E-state index contributed by atoms with van der Waals surface area (Å²) in [6.45, 7) is 1.96. The predicted octanol–water partition coefficient (Wildman–Crippen LogP) is 6.48. The molecule has 6 nitrogen and oxygen atoms in total. The molecule has 0 aliphatic heterocycles. The third-order valence-electron chi connectivity index (χ3n) is 5.16. The van der Waals surface area contributed by atoms with Gasteiger partial charge >= 0.3 is 0 Å². The fourth-order valence-corrected chi connectivity index (χ4v) is 4.39. The molecule has 0 bridgehead atoms. The van der Waals surface area contributed by atoms with Crippen molar-refractivity contribution in [1.29, 1.82) is 0 Å². The number of aromatic nitrogens is 6. The van der Waals surface area contributed by atoms with Gasteiger partial charge < -0.3 is 15.0 Å². The second-order valence-electron chi connectivity index (χ2n) is 7.24. The number of H-pyrrole nitrogens is 3. The van der Waals surface area contributed by atoms with Gasteiger partial charge in [-0.2, -0.15) is 0 Å². The first kappa shape index (κ1) is 17.9. The molecule has 0 unspecified atom stereocenters. The number of aromatic amines is 3. The van der Waals surface area contributed by atoms with Crippen LogP contribution in [0.5, 0.6) is 0 Å². The number of halogens is 2. The first-order chi connectivity index (χ1) is 14.5. The van der Waals surface area contributed by atoms with Crippen LogP contribution in [-0.2, 0) is 0 Å². The molecule has 0 atom stereocenters. The summed E-state index contributed by atoms with van der Waals surface area (Å²) in [5.41, 5.74) is 7.71.